The van der Waals surface area contributed by atoms with E-state index in [1.54, 1.807) is 21.3 Å². The Kier molecular flexibility index (Phi) is 8.14. The lowest BCUT2D eigenvalue weighted by Gasteiger charge is -2.23. The number of hydrogen-bond donors (Lipinski definition) is 2. The van der Waals surface area contributed by atoms with E-state index in [0.29, 0.717) is 30.0 Å². The Morgan fingerprint density at radius 1 is 1.04 bits per heavy atom. The minimum atomic E-state index is 0.500. The van der Waals surface area contributed by atoms with Crippen LogP contribution >= 0.6 is 0 Å². The van der Waals surface area contributed by atoms with Crippen LogP contribution in [0, 0.1) is 0 Å². The molecule has 2 aromatic carbocycles. The van der Waals surface area contributed by atoms with Crippen molar-refractivity contribution in [2.24, 2.45) is 4.99 Å². The molecular formula is C22H32N4O2. The number of aliphatic imine (C=N–C) groups is 1. The van der Waals surface area contributed by atoms with Crippen LogP contribution in [0.3, 0.4) is 0 Å². The Morgan fingerprint density at radius 3 is 2.32 bits per heavy atom. The van der Waals surface area contributed by atoms with Crippen molar-refractivity contribution < 1.29 is 9.47 Å². The molecule has 0 spiro atoms. The molecule has 0 aromatic heterocycles. The molecule has 0 heterocycles. The minimum Gasteiger partial charge on any atom is -0.493 e. The smallest absolute Gasteiger partial charge is 0.195 e. The largest absolute Gasteiger partial charge is 0.493 e. The molecule has 0 fully saturated rings. The third-order valence-corrected chi connectivity index (χ3v) is 4.74. The molecule has 0 saturated carbocycles. The summed E-state index contributed by atoms with van der Waals surface area (Å²) in [6.07, 6.45) is 0. The maximum Gasteiger partial charge on any atom is 0.195 e. The summed E-state index contributed by atoms with van der Waals surface area (Å²) in [5.74, 6) is 2.06. The summed E-state index contributed by atoms with van der Waals surface area (Å²) >= 11 is 0. The van der Waals surface area contributed by atoms with Gasteiger partial charge in [-0.05, 0) is 44.2 Å². The second-order valence-electron chi connectivity index (χ2n) is 6.90. The van der Waals surface area contributed by atoms with Crippen LogP contribution in [0.25, 0.3) is 0 Å². The van der Waals surface area contributed by atoms with Crippen molar-refractivity contribution in [2.75, 3.05) is 33.6 Å². The SMILES string of the molecule is CN=C(NCc1ccccc1CN(C)C(C)C)Nc1ccc(OC)c(OC)c1. The molecule has 0 atom stereocenters. The van der Waals surface area contributed by atoms with Gasteiger partial charge in [0, 0.05) is 37.9 Å². The summed E-state index contributed by atoms with van der Waals surface area (Å²) < 4.78 is 10.7. The number of rotatable bonds is 8. The third-order valence-electron chi connectivity index (χ3n) is 4.74. The van der Waals surface area contributed by atoms with E-state index < -0.39 is 0 Å². The van der Waals surface area contributed by atoms with E-state index in [1.807, 2.05) is 18.2 Å². The average molecular weight is 385 g/mol. The van der Waals surface area contributed by atoms with Crippen molar-refractivity contribution in [1.82, 2.24) is 10.2 Å². The summed E-state index contributed by atoms with van der Waals surface area (Å²) in [5.41, 5.74) is 3.44. The Hall–Kier alpha value is -2.73. The molecule has 6 nitrogen and oxygen atoms in total. The molecule has 0 radical (unpaired) electrons. The second-order valence-corrected chi connectivity index (χ2v) is 6.90. The second kappa shape index (κ2) is 10.6. The molecule has 0 unspecified atom stereocenters. The number of methoxy groups -OCH3 is 2. The fourth-order valence-electron chi connectivity index (χ4n) is 2.74. The molecule has 2 aromatic rings. The van der Waals surface area contributed by atoms with Crippen molar-refractivity contribution in [3.05, 3.63) is 53.6 Å². The molecule has 6 heteroatoms. The topological polar surface area (TPSA) is 58.1 Å². The number of guanidine groups is 1. The summed E-state index contributed by atoms with van der Waals surface area (Å²) in [6, 6.07) is 14.7. The Labute approximate surface area is 168 Å². The van der Waals surface area contributed by atoms with E-state index in [1.165, 1.54) is 11.1 Å². The lowest BCUT2D eigenvalue weighted by atomic mass is 10.1. The Morgan fingerprint density at radius 2 is 1.71 bits per heavy atom. The first kappa shape index (κ1) is 21.6. The van der Waals surface area contributed by atoms with Gasteiger partial charge in [0.15, 0.2) is 17.5 Å². The van der Waals surface area contributed by atoms with E-state index >= 15 is 0 Å². The lowest BCUT2D eigenvalue weighted by molar-refractivity contribution is 0.265. The van der Waals surface area contributed by atoms with Gasteiger partial charge in [-0.25, -0.2) is 0 Å². The third kappa shape index (κ3) is 5.89. The van der Waals surface area contributed by atoms with Gasteiger partial charge in [0.05, 0.1) is 14.2 Å². The van der Waals surface area contributed by atoms with Crippen LogP contribution in [0.5, 0.6) is 11.5 Å². The average Bonchev–Trinajstić information content (AvgIpc) is 2.71. The van der Waals surface area contributed by atoms with Crippen molar-refractivity contribution in [3.63, 3.8) is 0 Å². The maximum atomic E-state index is 5.36. The summed E-state index contributed by atoms with van der Waals surface area (Å²) in [5, 5.41) is 6.69. The maximum absolute atomic E-state index is 5.36. The van der Waals surface area contributed by atoms with Gasteiger partial charge in [-0.3, -0.25) is 9.89 Å². The van der Waals surface area contributed by atoms with Crippen LogP contribution in [0.1, 0.15) is 25.0 Å². The molecule has 152 valence electrons. The van der Waals surface area contributed by atoms with E-state index in [-0.39, 0.29) is 0 Å². The molecule has 0 bridgehead atoms. The first-order chi connectivity index (χ1) is 13.5. The van der Waals surface area contributed by atoms with Crippen molar-refractivity contribution in [3.8, 4) is 11.5 Å². The summed E-state index contributed by atoms with van der Waals surface area (Å²) in [6.45, 7) is 6.01. The highest BCUT2D eigenvalue weighted by Gasteiger charge is 2.10. The van der Waals surface area contributed by atoms with E-state index in [9.17, 15) is 0 Å². The van der Waals surface area contributed by atoms with Gasteiger partial charge in [-0.2, -0.15) is 0 Å². The van der Waals surface area contributed by atoms with Gasteiger partial charge in [-0.1, -0.05) is 24.3 Å². The van der Waals surface area contributed by atoms with E-state index in [0.717, 1.165) is 12.2 Å². The number of nitrogens with one attached hydrogen (secondary N) is 2. The zero-order valence-corrected chi connectivity index (χ0v) is 17.7. The molecular weight excluding hydrogens is 352 g/mol. The highest BCUT2D eigenvalue weighted by atomic mass is 16.5. The van der Waals surface area contributed by atoms with Crippen LogP contribution in [0.4, 0.5) is 5.69 Å². The highest BCUT2D eigenvalue weighted by molar-refractivity contribution is 5.93. The van der Waals surface area contributed by atoms with Crippen molar-refractivity contribution in [1.29, 1.82) is 0 Å². The molecule has 0 aliphatic heterocycles. The fourth-order valence-corrected chi connectivity index (χ4v) is 2.74. The van der Waals surface area contributed by atoms with Gasteiger partial charge in [-0.15, -0.1) is 0 Å². The van der Waals surface area contributed by atoms with Gasteiger partial charge in [0.2, 0.25) is 0 Å². The predicted octanol–water partition coefficient (Wildman–Crippen LogP) is 3.73. The molecule has 0 aliphatic carbocycles. The number of ether oxygens (including phenoxy) is 2. The highest BCUT2D eigenvalue weighted by Crippen LogP contribution is 2.29. The van der Waals surface area contributed by atoms with Gasteiger partial charge < -0.3 is 20.1 Å². The zero-order chi connectivity index (χ0) is 20.5. The number of anilines is 1. The monoisotopic (exact) mass is 384 g/mol. The standard InChI is InChI=1S/C22H32N4O2/c1-16(2)26(4)15-18-10-8-7-9-17(18)14-24-22(23-3)25-19-11-12-20(27-5)21(13-19)28-6/h7-13,16H,14-15H2,1-6H3,(H2,23,24,25). The Balaban J connectivity index is 2.05. The Bertz CT molecular complexity index is 790. The van der Waals surface area contributed by atoms with Crippen LogP contribution in [0.15, 0.2) is 47.5 Å². The zero-order valence-electron chi connectivity index (χ0n) is 17.7. The molecule has 2 N–H and O–H groups in total. The normalized spacial score (nSPS) is 11.6. The summed E-state index contributed by atoms with van der Waals surface area (Å²) in [7, 11) is 7.15. The van der Waals surface area contributed by atoms with Crippen molar-refractivity contribution >= 4 is 11.6 Å². The van der Waals surface area contributed by atoms with E-state index in [4.69, 9.17) is 9.47 Å². The molecule has 0 saturated heterocycles. The minimum absolute atomic E-state index is 0.500. The molecule has 0 aliphatic rings. The number of hydrogen-bond acceptors (Lipinski definition) is 4. The van der Waals surface area contributed by atoms with Crippen molar-refractivity contribution in [2.45, 2.75) is 33.0 Å². The van der Waals surface area contributed by atoms with E-state index in [2.05, 4.69) is 65.7 Å². The lowest BCUT2D eigenvalue weighted by Crippen LogP contribution is -2.31. The van der Waals surface area contributed by atoms with Gasteiger partial charge >= 0.3 is 0 Å². The first-order valence-electron chi connectivity index (χ1n) is 9.45. The van der Waals surface area contributed by atoms with Crippen LogP contribution in [-0.4, -0.2) is 45.2 Å². The van der Waals surface area contributed by atoms with Gasteiger partial charge in [0.1, 0.15) is 0 Å². The van der Waals surface area contributed by atoms with Crippen LogP contribution < -0.4 is 20.1 Å². The fraction of sp³-hybridized carbons (Fsp3) is 0.409. The number of nitrogens with zero attached hydrogens (tertiary/aromatic N) is 2. The van der Waals surface area contributed by atoms with Crippen LogP contribution in [-0.2, 0) is 13.1 Å². The molecule has 28 heavy (non-hydrogen) atoms. The summed E-state index contributed by atoms with van der Waals surface area (Å²) in [4.78, 5) is 6.66. The molecule has 0 amide bonds. The number of benzene rings is 2. The predicted molar refractivity (Wildman–Crippen MR) is 116 cm³/mol. The van der Waals surface area contributed by atoms with Gasteiger partial charge in [0.25, 0.3) is 0 Å². The molecule has 2 rings (SSSR count). The quantitative estimate of drug-likeness (QED) is 0.536. The van der Waals surface area contributed by atoms with Crippen LogP contribution in [0.2, 0.25) is 0 Å². The first-order valence-corrected chi connectivity index (χ1v) is 9.45.